The maximum atomic E-state index is 10.6. The number of nitrogen functional groups attached to an aromatic ring is 1. The third-order valence-electron chi connectivity index (χ3n) is 1.18. The van der Waals surface area contributed by atoms with Crippen LogP contribution in [0.1, 0.15) is 0 Å². The zero-order valence-electron chi connectivity index (χ0n) is 6.48. The molecule has 0 saturated heterocycles. The van der Waals surface area contributed by atoms with Gasteiger partial charge in [-0.3, -0.25) is 4.98 Å². The molecule has 12 heavy (non-hydrogen) atoms. The third-order valence-corrected chi connectivity index (χ3v) is 1.18. The molecule has 0 saturated carbocycles. The zero-order chi connectivity index (χ0) is 8.97. The molecular weight excluding hydrogens is 160 g/mol. The molecule has 0 aliphatic heterocycles. The highest BCUT2D eigenvalue weighted by atomic mass is 16.7. The lowest BCUT2D eigenvalue weighted by Gasteiger charge is -2.03. The second kappa shape index (κ2) is 3.56. The van der Waals surface area contributed by atoms with E-state index < -0.39 is 6.16 Å². The molecule has 0 radical (unpaired) electrons. The van der Waals surface area contributed by atoms with Crippen molar-refractivity contribution in [2.24, 2.45) is 0 Å². The summed E-state index contributed by atoms with van der Waals surface area (Å²) in [6.07, 6.45) is 2.03. The fraction of sp³-hybridized carbons (Fsp3) is 0.143. The molecule has 0 amide bonds. The van der Waals surface area contributed by atoms with Crippen molar-refractivity contribution < 1.29 is 14.3 Å². The molecule has 0 atom stereocenters. The van der Waals surface area contributed by atoms with Crippen molar-refractivity contribution in [2.45, 2.75) is 0 Å². The van der Waals surface area contributed by atoms with Gasteiger partial charge in [0, 0.05) is 6.20 Å². The molecule has 5 nitrogen and oxygen atoms in total. The van der Waals surface area contributed by atoms with Crippen LogP contribution in [-0.4, -0.2) is 18.2 Å². The van der Waals surface area contributed by atoms with Crippen molar-refractivity contribution in [1.82, 2.24) is 4.98 Å². The first-order chi connectivity index (χ1) is 5.74. The number of aromatic nitrogens is 1. The van der Waals surface area contributed by atoms with Gasteiger partial charge in [-0.2, -0.15) is 0 Å². The molecule has 1 rings (SSSR count). The van der Waals surface area contributed by atoms with Crippen LogP contribution in [0.4, 0.5) is 10.5 Å². The van der Waals surface area contributed by atoms with E-state index in [-0.39, 0.29) is 5.75 Å². The van der Waals surface area contributed by atoms with Gasteiger partial charge in [0.1, 0.15) is 0 Å². The third kappa shape index (κ3) is 1.85. The van der Waals surface area contributed by atoms with E-state index in [1.165, 1.54) is 25.6 Å². The smallest absolute Gasteiger partial charge is 0.437 e. The number of rotatable bonds is 1. The number of hydrogen-bond donors (Lipinski definition) is 1. The summed E-state index contributed by atoms with van der Waals surface area (Å²) in [5, 5.41) is 0. The molecule has 0 aromatic carbocycles. The van der Waals surface area contributed by atoms with E-state index in [2.05, 4.69) is 14.5 Å². The van der Waals surface area contributed by atoms with Crippen LogP contribution >= 0.6 is 0 Å². The summed E-state index contributed by atoms with van der Waals surface area (Å²) in [4.78, 5) is 14.3. The van der Waals surface area contributed by atoms with E-state index in [4.69, 9.17) is 5.73 Å². The van der Waals surface area contributed by atoms with Crippen molar-refractivity contribution in [2.75, 3.05) is 12.8 Å². The Labute approximate surface area is 69.1 Å². The highest BCUT2D eigenvalue weighted by Gasteiger charge is 2.05. The van der Waals surface area contributed by atoms with Gasteiger partial charge < -0.3 is 15.2 Å². The van der Waals surface area contributed by atoms with Gasteiger partial charge in [-0.15, -0.1) is 0 Å². The fourth-order valence-corrected chi connectivity index (χ4v) is 0.607. The van der Waals surface area contributed by atoms with Gasteiger partial charge in [-0.05, 0) is 6.07 Å². The Bertz CT molecular complexity index is 288. The molecule has 1 aromatic rings. The van der Waals surface area contributed by atoms with E-state index in [1.807, 2.05) is 0 Å². The molecular formula is C7H8N2O3. The van der Waals surface area contributed by atoms with Crippen LogP contribution < -0.4 is 10.5 Å². The van der Waals surface area contributed by atoms with Gasteiger partial charge in [-0.1, -0.05) is 0 Å². The minimum Gasteiger partial charge on any atom is -0.437 e. The van der Waals surface area contributed by atoms with Crippen molar-refractivity contribution in [3.05, 3.63) is 18.5 Å². The second-order valence-electron chi connectivity index (χ2n) is 1.97. The largest absolute Gasteiger partial charge is 0.513 e. The predicted molar refractivity (Wildman–Crippen MR) is 41.7 cm³/mol. The first-order valence-electron chi connectivity index (χ1n) is 3.19. The highest BCUT2D eigenvalue weighted by Crippen LogP contribution is 2.18. The van der Waals surface area contributed by atoms with E-state index in [9.17, 15) is 4.79 Å². The van der Waals surface area contributed by atoms with Gasteiger partial charge in [0.25, 0.3) is 0 Å². The summed E-state index contributed by atoms with van der Waals surface area (Å²) >= 11 is 0. The zero-order valence-corrected chi connectivity index (χ0v) is 6.48. The molecule has 1 aromatic heterocycles. The second-order valence-corrected chi connectivity index (χ2v) is 1.97. The Morgan fingerprint density at radius 2 is 2.42 bits per heavy atom. The molecule has 0 spiro atoms. The lowest BCUT2D eigenvalue weighted by molar-refractivity contribution is 0.121. The van der Waals surface area contributed by atoms with Gasteiger partial charge in [0.05, 0.1) is 19.0 Å². The Kier molecular flexibility index (Phi) is 2.47. The number of nitrogens with zero attached hydrogens (tertiary/aromatic N) is 1. The standard InChI is InChI=1S/C7H8N2O3/c1-11-7(10)12-6-4-9-3-2-5(6)8/h2-4H,1H3,(H2,8,9). The van der Waals surface area contributed by atoms with Gasteiger partial charge in [0.15, 0.2) is 5.75 Å². The van der Waals surface area contributed by atoms with Crippen molar-refractivity contribution in [3.63, 3.8) is 0 Å². The summed E-state index contributed by atoms with van der Waals surface area (Å²) in [5.74, 6) is 0.198. The van der Waals surface area contributed by atoms with E-state index >= 15 is 0 Å². The Morgan fingerprint density at radius 1 is 1.67 bits per heavy atom. The minimum absolute atomic E-state index is 0.198. The molecule has 1 heterocycles. The summed E-state index contributed by atoms with van der Waals surface area (Å²) in [7, 11) is 1.22. The molecule has 64 valence electrons. The van der Waals surface area contributed by atoms with Crippen molar-refractivity contribution in [1.29, 1.82) is 0 Å². The van der Waals surface area contributed by atoms with Gasteiger partial charge in [0.2, 0.25) is 0 Å². The summed E-state index contributed by atoms with van der Waals surface area (Å²) in [6, 6.07) is 1.53. The number of hydrogen-bond acceptors (Lipinski definition) is 5. The van der Waals surface area contributed by atoms with Crippen LogP contribution in [0.15, 0.2) is 18.5 Å². The maximum Gasteiger partial charge on any atom is 0.513 e. The minimum atomic E-state index is -0.810. The average Bonchev–Trinajstić information content (AvgIpc) is 2.09. The SMILES string of the molecule is COC(=O)Oc1cnccc1N. The van der Waals surface area contributed by atoms with E-state index in [1.54, 1.807) is 0 Å². The van der Waals surface area contributed by atoms with Gasteiger partial charge in [-0.25, -0.2) is 4.79 Å². The predicted octanol–water partition coefficient (Wildman–Crippen LogP) is 0.809. The average molecular weight is 168 g/mol. The molecule has 0 aliphatic rings. The van der Waals surface area contributed by atoms with Crippen LogP contribution in [0.5, 0.6) is 5.75 Å². The molecule has 0 aliphatic carbocycles. The number of nitrogens with two attached hydrogens (primary N) is 1. The van der Waals surface area contributed by atoms with Gasteiger partial charge >= 0.3 is 6.16 Å². The summed E-state index contributed by atoms with van der Waals surface area (Å²) in [6.45, 7) is 0. The van der Waals surface area contributed by atoms with Crippen molar-refractivity contribution >= 4 is 11.8 Å². The topological polar surface area (TPSA) is 74.4 Å². The van der Waals surface area contributed by atoms with Crippen LogP contribution in [0.25, 0.3) is 0 Å². The fourth-order valence-electron chi connectivity index (χ4n) is 0.607. The van der Waals surface area contributed by atoms with E-state index in [0.29, 0.717) is 5.69 Å². The normalized spacial score (nSPS) is 9.08. The maximum absolute atomic E-state index is 10.6. The molecule has 0 bridgehead atoms. The summed E-state index contributed by atoms with van der Waals surface area (Å²) in [5.41, 5.74) is 5.79. The lowest BCUT2D eigenvalue weighted by atomic mass is 10.4. The van der Waals surface area contributed by atoms with Crippen LogP contribution in [0, 0.1) is 0 Å². The Hall–Kier alpha value is -1.78. The monoisotopic (exact) mass is 168 g/mol. The first-order valence-corrected chi connectivity index (χ1v) is 3.19. The quantitative estimate of drug-likeness (QED) is 0.628. The van der Waals surface area contributed by atoms with Crippen LogP contribution in [0.3, 0.4) is 0 Å². The Balaban J connectivity index is 2.75. The van der Waals surface area contributed by atoms with E-state index in [0.717, 1.165) is 0 Å². The summed E-state index contributed by atoms with van der Waals surface area (Å²) < 4.78 is 8.91. The number of ether oxygens (including phenoxy) is 2. The lowest BCUT2D eigenvalue weighted by Crippen LogP contribution is -2.08. The van der Waals surface area contributed by atoms with Crippen LogP contribution in [0.2, 0.25) is 0 Å². The molecule has 0 unspecified atom stereocenters. The molecule has 2 N–H and O–H groups in total. The molecule has 0 fully saturated rings. The van der Waals surface area contributed by atoms with Crippen LogP contribution in [-0.2, 0) is 4.74 Å². The number of carbonyl (C=O) groups is 1. The Morgan fingerprint density at radius 3 is 3.00 bits per heavy atom. The first kappa shape index (κ1) is 8.32. The van der Waals surface area contributed by atoms with Crippen molar-refractivity contribution in [3.8, 4) is 5.75 Å². The number of methoxy groups -OCH3 is 1. The number of carbonyl (C=O) groups excluding carboxylic acids is 1. The number of anilines is 1. The molecule has 5 heteroatoms. The number of pyridine rings is 1. The highest BCUT2D eigenvalue weighted by molar-refractivity contribution is 5.66.